The van der Waals surface area contributed by atoms with Crippen LogP contribution in [0.4, 0.5) is 4.79 Å². The van der Waals surface area contributed by atoms with Gasteiger partial charge in [0.25, 0.3) is 0 Å². The third-order valence-electron chi connectivity index (χ3n) is 4.02. The third kappa shape index (κ3) is 1.13. The van der Waals surface area contributed by atoms with Crippen LogP contribution in [0.1, 0.15) is 12.8 Å². The van der Waals surface area contributed by atoms with Gasteiger partial charge < -0.3 is 10.6 Å². The summed E-state index contributed by atoms with van der Waals surface area (Å²) in [6.07, 6.45) is 2.71. The summed E-state index contributed by atoms with van der Waals surface area (Å²) in [5.74, 6) is 1.47. The van der Waals surface area contributed by atoms with Crippen molar-refractivity contribution in [2.75, 3.05) is 26.2 Å². The van der Waals surface area contributed by atoms with Gasteiger partial charge in [0.1, 0.15) is 0 Å². The molecule has 3 rings (SSSR count). The summed E-state index contributed by atoms with van der Waals surface area (Å²) in [4.78, 5) is 15.3. The molecule has 0 aromatic heterocycles. The van der Waals surface area contributed by atoms with Crippen LogP contribution >= 0.6 is 0 Å². The number of hydrogen-bond donors (Lipinski definition) is 1. The Morgan fingerprint density at radius 3 is 2.21 bits per heavy atom. The number of nitrogens with zero attached hydrogens (tertiary/aromatic N) is 2. The maximum Gasteiger partial charge on any atom is 0.314 e. The zero-order chi connectivity index (χ0) is 9.71. The van der Waals surface area contributed by atoms with Crippen molar-refractivity contribution < 1.29 is 4.79 Å². The maximum atomic E-state index is 10.9. The molecular formula is C10H17N3O. The number of nitrogens with two attached hydrogens (primary N) is 1. The van der Waals surface area contributed by atoms with Gasteiger partial charge in [0.2, 0.25) is 0 Å². The molecule has 4 nitrogen and oxygen atoms in total. The van der Waals surface area contributed by atoms with E-state index in [1.807, 2.05) is 0 Å². The van der Waals surface area contributed by atoms with Crippen LogP contribution in [0.3, 0.4) is 0 Å². The highest BCUT2D eigenvalue weighted by atomic mass is 16.2. The van der Waals surface area contributed by atoms with Crippen LogP contribution in [0.5, 0.6) is 0 Å². The highest BCUT2D eigenvalue weighted by molar-refractivity contribution is 5.72. The van der Waals surface area contributed by atoms with Crippen LogP contribution < -0.4 is 5.73 Å². The van der Waals surface area contributed by atoms with E-state index in [4.69, 9.17) is 5.73 Å². The summed E-state index contributed by atoms with van der Waals surface area (Å²) in [7, 11) is 0. The fourth-order valence-electron chi connectivity index (χ4n) is 3.26. The van der Waals surface area contributed by atoms with Crippen LogP contribution in [0, 0.1) is 11.8 Å². The van der Waals surface area contributed by atoms with E-state index in [-0.39, 0.29) is 6.03 Å². The Bertz CT molecular complexity index is 250. The molecule has 2 heterocycles. The number of piperidine rings is 1. The molecule has 2 unspecified atom stereocenters. The second-order valence-corrected chi connectivity index (χ2v) is 4.80. The monoisotopic (exact) mass is 195 g/mol. The smallest absolute Gasteiger partial charge is 0.314 e. The predicted octanol–water partition coefficient (Wildman–Crippen LogP) is 0.0911. The van der Waals surface area contributed by atoms with Crippen molar-refractivity contribution in [2.45, 2.75) is 18.9 Å². The molecule has 2 amide bonds. The number of rotatable bonds is 1. The maximum absolute atomic E-state index is 10.9. The van der Waals surface area contributed by atoms with E-state index in [1.54, 1.807) is 4.90 Å². The van der Waals surface area contributed by atoms with Gasteiger partial charge in [-0.15, -0.1) is 0 Å². The standard InChI is InChI=1S/C10H17N3O/c11-10(14)13-5-7-8(6-13)9(7)12-3-1-2-4-12/h7-9H,1-6H2,(H2,11,14). The predicted molar refractivity (Wildman–Crippen MR) is 52.7 cm³/mol. The molecule has 2 N–H and O–H groups in total. The summed E-state index contributed by atoms with van der Waals surface area (Å²) in [6, 6.07) is 0.547. The second kappa shape index (κ2) is 2.86. The van der Waals surface area contributed by atoms with E-state index >= 15 is 0 Å². The van der Waals surface area contributed by atoms with Gasteiger partial charge in [0.15, 0.2) is 0 Å². The molecule has 3 fully saturated rings. The summed E-state index contributed by atoms with van der Waals surface area (Å²) in [5, 5.41) is 0. The second-order valence-electron chi connectivity index (χ2n) is 4.80. The minimum absolute atomic E-state index is 0.239. The van der Waals surface area contributed by atoms with Crippen LogP contribution in [0.25, 0.3) is 0 Å². The molecule has 3 aliphatic rings. The van der Waals surface area contributed by atoms with Gasteiger partial charge in [-0.3, -0.25) is 4.90 Å². The van der Waals surface area contributed by atoms with Gasteiger partial charge in [0, 0.05) is 19.1 Å². The lowest BCUT2D eigenvalue weighted by Crippen LogP contribution is -2.39. The van der Waals surface area contributed by atoms with Crippen molar-refractivity contribution >= 4 is 6.03 Å². The minimum atomic E-state index is -0.239. The first-order valence-electron chi connectivity index (χ1n) is 5.56. The number of primary amides is 1. The summed E-state index contributed by atoms with van der Waals surface area (Å²) >= 11 is 0. The summed E-state index contributed by atoms with van der Waals surface area (Å²) < 4.78 is 0. The Morgan fingerprint density at radius 1 is 1.14 bits per heavy atom. The fourth-order valence-corrected chi connectivity index (χ4v) is 3.26. The van der Waals surface area contributed by atoms with Crippen molar-refractivity contribution in [3.05, 3.63) is 0 Å². The first-order chi connectivity index (χ1) is 6.77. The molecule has 0 bridgehead atoms. The van der Waals surface area contributed by atoms with Crippen molar-refractivity contribution in [2.24, 2.45) is 17.6 Å². The zero-order valence-corrected chi connectivity index (χ0v) is 8.35. The molecule has 0 aromatic carbocycles. The molecule has 78 valence electrons. The van der Waals surface area contributed by atoms with Crippen molar-refractivity contribution in [3.8, 4) is 0 Å². The quantitative estimate of drug-likeness (QED) is 0.644. The van der Waals surface area contributed by atoms with Crippen LogP contribution in [-0.4, -0.2) is 48.1 Å². The van der Waals surface area contributed by atoms with E-state index in [9.17, 15) is 4.79 Å². The molecule has 4 heteroatoms. The lowest BCUT2D eigenvalue weighted by molar-refractivity contribution is 0.200. The number of likely N-dealkylation sites (tertiary alicyclic amines) is 2. The van der Waals surface area contributed by atoms with Crippen LogP contribution in [0.15, 0.2) is 0 Å². The molecule has 14 heavy (non-hydrogen) atoms. The van der Waals surface area contributed by atoms with E-state index in [2.05, 4.69) is 4.90 Å². The largest absolute Gasteiger partial charge is 0.351 e. The molecule has 0 spiro atoms. The Labute approximate surface area is 84.0 Å². The molecule has 2 atom stereocenters. The van der Waals surface area contributed by atoms with Gasteiger partial charge in [-0.1, -0.05) is 0 Å². The zero-order valence-electron chi connectivity index (χ0n) is 8.35. The molecule has 1 aliphatic carbocycles. The van der Waals surface area contributed by atoms with Crippen molar-refractivity contribution in [3.63, 3.8) is 0 Å². The van der Waals surface area contributed by atoms with Gasteiger partial charge in [-0.05, 0) is 37.8 Å². The summed E-state index contributed by atoms with van der Waals surface area (Å²) in [5.41, 5.74) is 5.25. The Morgan fingerprint density at radius 2 is 1.71 bits per heavy atom. The third-order valence-corrected chi connectivity index (χ3v) is 4.02. The van der Waals surface area contributed by atoms with E-state index < -0.39 is 0 Å². The average Bonchev–Trinajstić information content (AvgIpc) is 2.66. The normalized spacial score (nSPS) is 41.4. The number of amides is 2. The first-order valence-corrected chi connectivity index (χ1v) is 5.56. The Hall–Kier alpha value is -0.770. The number of urea groups is 1. The van der Waals surface area contributed by atoms with Crippen molar-refractivity contribution in [1.82, 2.24) is 9.80 Å². The van der Waals surface area contributed by atoms with Crippen molar-refractivity contribution in [1.29, 1.82) is 0 Å². The lowest BCUT2D eigenvalue weighted by atomic mass is 10.3. The van der Waals surface area contributed by atoms with Crippen LogP contribution in [0.2, 0.25) is 0 Å². The SMILES string of the molecule is NC(=O)N1CC2C(C1)C2N1CCCC1. The highest BCUT2D eigenvalue weighted by Gasteiger charge is 2.58. The number of hydrogen-bond acceptors (Lipinski definition) is 2. The average molecular weight is 195 g/mol. The number of carbonyl (C=O) groups excluding carboxylic acids is 1. The number of fused-ring (bicyclic) bond motifs is 1. The Kier molecular flexibility index (Phi) is 1.74. The van der Waals surface area contributed by atoms with Gasteiger partial charge in [-0.25, -0.2) is 4.79 Å². The fraction of sp³-hybridized carbons (Fsp3) is 0.900. The Balaban J connectivity index is 1.58. The summed E-state index contributed by atoms with van der Waals surface area (Å²) in [6.45, 7) is 4.35. The van der Waals surface area contributed by atoms with Crippen LogP contribution in [-0.2, 0) is 0 Å². The number of carbonyl (C=O) groups is 1. The van der Waals surface area contributed by atoms with E-state index in [0.717, 1.165) is 31.0 Å². The molecule has 1 saturated carbocycles. The van der Waals surface area contributed by atoms with E-state index in [1.165, 1.54) is 25.9 Å². The topological polar surface area (TPSA) is 49.6 Å². The molecule has 2 saturated heterocycles. The van der Waals surface area contributed by atoms with Gasteiger partial charge in [0.05, 0.1) is 0 Å². The van der Waals surface area contributed by atoms with E-state index in [0.29, 0.717) is 0 Å². The molecular weight excluding hydrogens is 178 g/mol. The van der Waals surface area contributed by atoms with Gasteiger partial charge >= 0.3 is 6.03 Å². The molecule has 2 aliphatic heterocycles. The highest BCUT2D eigenvalue weighted by Crippen LogP contribution is 2.49. The molecule has 0 radical (unpaired) electrons. The van der Waals surface area contributed by atoms with Gasteiger partial charge in [-0.2, -0.15) is 0 Å². The minimum Gasteiger partial charge on any atom is -0.351 e. The lowest BCUT2D eigenvalue weighted by Gasteiger charge is -2.22. The molecule has 0 aromatic rings. The first kappa shape index (κ1) is 8.53.